The fourth-order valence-electron chi connectivity index (χ4n) is 2.19. The van der Waals surface area contributed by atoms with E-state index >= 15 is 0 Å². The van der Waals surface area contributed by atoms with E-state index in [1.807, 2.05) is 14.0 Å². The molecule has 1 rings (SSSR count). The lowest BCUT2D eigenvalue weighted by Crippen LogP contribution is -2.28. The van der Waals surface area contributed by atoms with Crippen molar-refractivity contribution in [1.29, 1.82) is 0 Å². The molecule has 3 heteroatoms. The number of nitrogens with one attached hydrogen (secondary N) is 1. The van der Waals surface area contributed by atoms with E-state index in [1.54, 1.807) is 0 Å². The van der Waals surface area contributed by atoms with Gasteiger partial charge in [0.05, 0.1) is 6.61 Å². The summed E-state index contributed by atoms with van der Waals surface area (Å²) < 4.78 is 5.77. The number of ether oxygens (including phenoxy) is 1. The summed E-state index contributed by atoms with van der Waals surface area (Å²) in [6.45, 7) is 10.3. The number of hydrogen-bond donors (Lipinski definition) is 1. The normalized spacial score (nSPS) is 14.3. The topological polar surface area (TPSA) is 24.5 Å². The largest absolute Gasteiger partial charge is 0.494 e. The van der Waals surface area contributed by atoms with Crippen LogP contribution in [0.1, 0.15) is 51.3 Å². The van der Waals surface area contributed by atoms with Gasteiger partial charge < -0.3 is 10.1 Å². The Morgan fingerprint density at radius 2 is 1.95 bits per heavy atom. The van der Waals surface area contributed by atoms with Crippen molar-refractivity contribution in [1.82, 2.24) is 10.2 Å². The molecule has 0 heterocycles. The first-order valence-electron chi connectivity index (χ1n) is 7.66. The van der Waals surface area contributed by atoms with Gasteiger partial charge in [0.1, 0.15) is 5.75 Å². The molecule has 1 aromatic rings. The van der Waals surface area contributed by atoms with Crippen molar-refractivity contribution in [2.75, 3.05) is 20.7 Å². The Hall–Kier alpha value is -1.06. The maximum absolute atomic E-state index is 5.77. The van der Waals surface area contributed by atoms with Crippen LogP contribution in [0.2, 0.25) is 0 Å². The molecule has 0 aliphatic heterocycles. The minimum atomic E-state index is 0.360. The summed E-state index contributed by atoms with van der Waals surface area (Å²) in [5.41, 5.74) is 2.58. The molecule has 2 atom stereocenters. The lowest BCUT2D eigenvalue weighted by Gasteiger charge is -2.25. The Morgan fingerprint density at radius 1 is 1.25 bits per heavy atom. The molecule has 0 amide bonds. The van der Waals surface area contributed by atoms with E-state index in [1.165, 1.54) is 11.1 Å². The Bertz CT molecular complexity index is 406. The van der Waals surface area contributed by atoms with Crippen LogP contribution in [0.5, 0.6) is 5.75 Å². The van der Waals surface area contributed by atoms with Gasteiger partial charge in [-0.2, -0.15) is 0 Å². The fraction of sp³-hybridized carbons (Fsp3) is 0.647. The minimum absolute atomic E-state index is 0.360. The molecule has 0 radical (unpaired) electrons. The zero-order valence-electron chi connectivity index (χ0n) is 13.9. The molecule has 0 saturated carbocycles. The van der Waals surface area contributed by atoms with Crippen LogP contribution >= 0.6 is 0 Å². The van der Waals surface area contributed by atoms with Crippen LogP contribution < -0.4 is 10.1 Å². The molecule has 1 N–H and O–H groups in total. The average Bonchev–Trinajstić information content (AvgIpc) is 2.47. The first-order valence-corrected chi connectivity index (χ1v) is 7.66. The first kappa shape index (κ1) is 17.0. The molecule has 2 unspecified atom stereocenters. The highest BCUT2D eigenvalue weighted by Gasteiger charge is 2.13. The quantitative estimate of drug-likeness (QED) is 0.786. The van der Waals surface area contributed by atoms with E-state index in [0.717, 1.165) is 18.7 Å². The second-order valence-electron chi connectivity index (χ2n) is 5.48. The molecule has 20 heavy (non-hydrogen) atoms. The van der Waals surface area contributed by atoms with Gasteiger partial charge in [-0.3, -0.25) is 4.90 Å². The van der Waals surface area contributed by atoms with Gasteiger partial charge in [0.15, 0.2) is 0 Å². The molecule has 0 spiro atoms. The van der Waals surface area contributed by atoms with Crippen LogP contribution in [0, 0.1) is 0 Å². The summed E-state index contributed by atoms with van der Waals surface area (Å²) >= 11 is 0. The standard InChI is InChI=1S/C17H30N2O/c1-7-13(3)19(6)12-16-11-15(14(4)18-5)9-10-17(16)20-8-2/h9-11,13-14,18H,7-8,12H2,1-6H3. The van der Waals surface area contributed by atoms with Crippen molar-refractivity contribution in [2.24, 2.45) is 0 Å². The summed E-state index contributed by atoms with van der Waals surface area (Å²) in [6, 6.07) is 7.46. The Kier molecular flexibility index (Phi) is 7.03. The number of rotatable bonds is 8. The summed E-state index contributed by atoms with van der Waals surface area (Å²) in [5.74, 6) is 1.01. The lowest BCUT2D eigenvalue weighted by molar-refractivity contribution is 0.238. The van der Waals surface area contributed by atoms with E-state index in [-0.39, 0.29) is 0 Å². The third-order valence-electron chi connectivity index (χ3n) is 4.08. The molecule has 1 aromatic carbocycles. The SMILES string of the molecule is CCOc1ccc(C(C)NC)cc1CN(C)C(C)CC. The van der Waals surface area contributed by atoms with Crippen LogP contribution in [0.25, 0.3) is 0 Å². The van der Waals surface area contributed by atoms with Crippen molar-refractivity contribution < 1.29 is 4.74 Å². The van der Waals surface area contributed by atoms with Gasteiger partial charge in [-0.1, -0.05) is 13.0 Å². The van der Waals surface area contributed by atoms with Crippen LogP contribution in [-0.2, 0) is 6.54 Å². The van der Waals surface area contributed by atoms with Gasteiger partial charge in [0, 0.05) is 24.2 Å². The average molecular weight is 278 g/mol. The number of benzene rings is 1. The van der Waals surface area contributed by atoms with Crippen molar-refractivity contribution in [3.05, 3.63) is 29.3 Å². The van der Waals surface area contributed by atoms with Crippen molar-refractivity contribution in [3.8, 4) is 5.75 Å². The number of nitrogens with zero attached hydrogens (tertiary/aromatic N) is 1. The minimum Gasteiger partial charge on any atom is -0.494 e. The highest BCUT2D eigenvalue weighted by Crippen LogP contribution is 2.25. The smallest absolute Gasteiger partial charge is 0.123 e. The second-order valence-corrected chi connectivity index (χ2v) is 5.48. The summed E-state index contributed by atoms with van der Waals surface area (Å²) in [4.78, 5) is 2.38. The summed E-state index contributed by atoms with van der Waals surface area (Å²) in [5, 5.41) is 3.29. The molecule has 0 saturated heterocycles. The van der Waals surface area contributed by atoms with E-state index in [9.17, 15) is 0 Å². The maximum atomic E-state index is 5.77. The summed E-state index contributed by atoms with van der Waals surface area (Å²) in [7, 11) is 4.17. The molecule has 3 nitrogen and oxygen atoms in total. The molecule has 0 aliphatic carbocycles. The summed E-state index contributed by atoms with van der Waals surface area (Å²) in [6.07, 6.45) is 1.16. The van der Waals surface area contributed by atoms with Crippen molar-refractivity contribution >= 4 is 0 Å². The zero-order chi connectivity index (χ0) is 15.1. The number of hydrogen-bond acceptors (Lipinski definition) is 3. The third kappa shape index (κ3) is 4.50. The molecule has 0 bridgehead atoms. The second kappa shape index (κ2) is 8.28. The fourth-order valence-corrected chi connectivity index (χ4v) is 2.19. The van der Waals surface area contributed by atoms with Gasteiger partial charge in [-0.05, 0) is 59.0 Å². The molecule has 114 valence electrons. The van der Waals surface area contributed by atoms with Gasteiger partial charge in [0.2, 0.25) is 0 Å². The van der Waals surface area contributed by atoms with E-state index in [4.69, 9.17) is 4.74 Å². The van der Waals surface area contributed by atoms with E-state index in [2.05, 4.69) is 56.2 Å². The lowest BCUT2D eigenvalue weighted by atomic mass is 10.0. The van der Waals surface area contributed by atoms with Crippen LogP contribution in [0.4, 0.5) is 0 Å². The van der Waals surface area contributed by atoms with E-state index in [0.29, 0.717) is 18.7 Å². The van der Waals surface area contributed by atoms with Crippen LogP contribution in [-0.4, -0.2) is 31.6 Å². The highest BCUT2D eigenvalue weighted by atomic mass is 16.5. The monoisotopic (exact) mass is 278 g/mol. The molecule has 0 aromatic heterocycles. The molecule has 0 fully saturated rings. The third-order valence-corrected chi connectivity index (χ3v) is 4.08. The van der Waals surface area contributed by atoms with Gasteiger partial charge in [0.25, 0.3) is 0 Å². The maximum Gasteiger partial charge on any atom is 0.123 e. The van der Waals surface area contributed by atoms with Crippen LogP contribution in [0.3, 0.4) is 0 Å². The predicted octanol–water partition coefficient (Wildman–Crippen LogP) is 3.60. The molecular formula is C17H30N2O. The van der Waals surface area contributed by atoms with Crippen LogP contribution in [0.15, 0.2) is 18.2 Å². The predicted molar refractivity (Wildman–Crippen MR) is 86.3 cm³/mol. The Morgan fingerprint density at radius 3 is 2.50 bits per heavy atom. The van der Waals surface area contributed by atoms with Gasteiger partial charge >= 0.3 is 0 Å². The van der Waals surface area contributed by atoms with Gasteiger partial charge in [-0.15, -0.1) is 0 Å². The van der Waals surface area contributed by atoms with E-state index < -0.39 is 0 Å². The molecular weight excluding hydrogens is 248 g/mol. The van der Waals surface area contributed by atoms with Crippen molar-refractivity contribution in [2.45, 2.75) is 52.7 Å². The van der Waals surface area contributed by atoms with Gasteiger partial charge in [-0.25, -0.2) is 0 Å². The Balaban J connectivity index is 2.99. The zero-order valence-corrected chi connectivity index (χ0v) is 13.9. The molecule has 0 aliphatic rings. The first-order chi connectivity index (χ1) is 9.53. The van der Waals surface area contributed by atoms with Crippen molar-refractivity contribution in [3.63, 3.8) is 0 Å². The highest BCUT2D eigenvalue weighted by molar-refractivity contribution is 5.38. The Labute approximate surface area is 124 Å².